The highest BCUT2D eigenvalue weighted by Crippen LogP contribution is 2.32. The molecule has 0 bridgehead atoms. The van der Waals surface area contributed by atoms with Crippen LogP contribution in [-0.2, 0) is 14.6 Å². The van der Waals surface area contributed by atoms with E-state index in [1.54, 1.807) is 18.9 Å². The van der Waals surface area contributed by atoms with Gasteiger partial charge in [-0.1, -0.05) is 30.0 Å². The van der Waals surface area contributed by atoms with E-state index < -0.39 is 9.84 Å². The van der Waals surface area contributed by atoms with E-state index in [0.29, 0.717) is 37.2 Å². The molecule has 0 amide bonds. The van der Waals surface area contributed by atoms with E-state index in [1.165, 1.54) is 0 Å². The second-order valence-electron chi connectivity index (χ2n) is 8.57. The number of nitrogens with zero attached hydrogens (tertiary/aromatic N) is 2. The molecule has 11 nitrogen and oxygen atoms in total. The fourth-order valence-corrected chi connectivity index (χ4v) is 6.50. The standard InChI is InChI=1S/C19H26N4O4S2.C5H5NS.2H2O/c1-26-4-5-27-14-8-13-9-17(22-18(13)16(20)10-14)19-21-11-15(28-19)12-23-2-6-29(24,25)7-3-23;7-5-3-1-2-4-6-5;;/h8-10,15,22H,2-7,11-12,20H2,1H3;1-4H,(H,6,7);2*1H2. The Kier molecular flexibility index (Phi) is 12.2. The lowest BCUT2D eigenvalue weighted by molar-refractivity contribution is 0.146. The Labute approximate surface area is 231 Å². The minimum absolute atomic E-state index is 0. The second kappa shape index (κ2) is 14.6. The molecule has 2 aromatic heterocycles. The summed E-state index contributed by atoms with van der Waals surface area (Å²) < 4.78 is 34.7. The first-order chi connectivity index (χ1) is 17.3. The zero-order valence-corrected chi connectivity index (χ0v) is 23.6. The Bertz CT molecular complexity index is 1340. The highest BCUT2D eigenvalue weighted by Gasteiger charge is 2.27. The molecule has 1 atom stereocenters. The predicted molar refractivity (Wildman–Crippen MR) is 157 cm³/mol. The molecule has 0 aliphatic carbocycles. The lowest BCUT2D eigenvalue weighted by atomic mass is 10.2. The molecule has 3 aromatic rings. The van der Waals surface area contributed by atoms with Crippen LogP contribution in [0.3, 0.4) is 0 Å². The molecule has 38 heavy (non-hydrogen) atoms. The molecule has 5 rings (SSSR count). The lowest BCUT2D eigenvalue weighted by Crippen LogP contribution is -2.43. The topological polar surface area (TPSA) is 189 Å². The van der Waals surface area contributed by atoms with Crippen LogP contribution < -0.4 is 10.5 Å². The van der Waals surface area contributed by atoms with Gasteiger partial charge < -0.3 is 41.0 Å². The number of nitrogens with one attached hydrogen (secondary N) is 2. The minimum atomic E-state index is -2.84. The summed E-state index contributed by atoms with van der Waals surface area (Å²) in [6.07, 6.45) is 1.81. The third kappa shape index (κ3) is 8.80. The molecule has 1 aromatic carbocycles. The van der Waals surface area contributed by atoms with Crippen molar-refractivity contribution >= 4 is 55.5 Å². The summed E-state index contributed by atoms with van der Waals surface area (Å²) in [7, 11) is -1.21. The van der Waals surface area contributed by atoms with E-state index in [-0.39, 0.29) is 22.5 Å². The third-order valence-electron chi connectivity index (χ3n) is 5.82. The molecule has 1 unspecified atom stereocenters. The molecule has 0 spiro atoms. The summed E-state index contributed by atoms with van der Waals surface area (Å²) in [5.74, 6) is 1.24. The summed E-state index contributed by atoms with van der Waals surface area (Å²) in [5, 5.41) is 2.29. The van der Waals surface area contributed by atoms with Gasteiger partial charge in [0.1, 0.15) is 22.0 Å². The van der Waals surface area contributed by atoms with Gasteiger partial charge >= 0.3 is 0 Å². The van der Waals surface area contributed by atoms with Crippen LogP contribution in [0.4, 0.5) is 5.69 Å². The van der Waals surface area contributed by atoms with Crippen molar-refractivity contribution in [3.63, 3.8) is 0 Å². The van der Waals surface area contributed by atoms with Crippen molar-refractivity contribution in [3.8, 4) is 5.75 Å². The number of aromatic amines is 2. The van der Waals surface area contributed by atoms with Crippen molar-refractivity contribution in [1.29, 1.82) is 0 Å². The highest BCUT2D eigenvalue weighted by molar-refractivity contribution is 8.15. The number of thioether (sulfide) groups is 1. The number of ether oxygens (including phenoxy) is 2. The van der Waals surface area contributed by atoms with Gasteiger partial charge in [0.25, 0.3) is 0 Å². The van der Waals surface area contributed by atoms with E-state index in [2.05, 4.69) is 20.9 Å². The van der Waals surface area contributed by atoms with Crippen LogP contribution in [0.1, 0.15) is 5.69 Å². The maximum atomic E-state index is 11.6. The van der Waals surface area contributed by atoms with Gasteiger partial charge in [-0.25, -0.2) is 8.42 Å². The van der Waals surface area contributed by atoms with Gasteiger partial charge in [0, 0.05) is 49.6 Å². The van der Waals surface area contributed by atoms with Crippen molar-refractivity contribution in [2.45, 2.75) is 5.25 Å². The number of nitrogen functional groups attached to an aromatic ring is 1. The van der Waals surface area contributed by atoms with Gasteiger partial charge in [0.05, 0.1) is 41.6 Å². The van der Waals surface area contributed by atoms with Gasteiger partial charge in [0.2, 0.25) is 0 Å². The number of fused-ring (bicyclic) bond motifs is 1. The van der Waals surface area contributed by atoms with Crippen LogP contribution in [-0.4, -0.2) is 103 Å². The fraction of sp³-hybridized carbons (Fsp3) is 0.417. The van der Waals surface area contributed by atoms with Crippen LogP contribution in [0, 0.1) is 4.64 Å². The largest absolute Gasteiger partial charge is 0.491 e. The van der Waals surface area contributed by atoms with Crippen LogP contribution in [0.2, 0.25) is 0 Å². The number of aromatic nitrogens is 2. The number of anilines is 1. The molecule has 1 fully saturated rings. The average molecular weight is 586 g/mol. The van der Waals surface area contributed by atoms with E-state index >= 15 is 0 Å². The number of benzene rings is 1. The van der Waals surface area contributed by atoms with Crippen molar-refractivity contribution in [1.82, 2.24) is 14.9 Å². The lowest BCUT2D eigenvalue weighted by Gasteiger charge is -2.28. The maximum absolute atomic E-state index is 11.6. The Morgan fingerprint density at radius 3 is 2.58 bits per heavy atom. The summed E-state index contributed by atoms with van der Waals surface area (Å²) in [6, 6.07) is 11.5. The van der Waals surface area contributed by atoms with E-state index in [0.717, 1.165) is 45.1 Å². The zero-order valence-electron chi connectivity index (χ0n) is 21.1. The number of pyridine rings is 1. The number of rotatable bonds is 7. The molecule has 2 aliphatic rings. The van der Waals surface area contributed by atoms with Crippen LogP contribution in [0.5, 0.6) is 5.75 Å². The maximum Gasteiger partial charge on any atom is 0.152 e. The number of hydrogen-bond donors (Lipinski definition) is 3. The van der Waals surface area contributed by atoms with Gasteiger partial charge in [-0.05, 0) is 24.3 Å². The molecule has 4 heterocycles. The quantitative estimate of drug-likeness (QED) is 0.211. The average Bonchev–Trinajstić information content (AvgIpc) is 3.49. The highest BCUT2D eigenvalue weighted by atomic mass is 32.2. The fourth-order valence-electron chi connectivity index (χ4n) is 3.94. The van der Waals surface area contributed by atoms with E-state index in [9.17, 15) is 8.42 Å². The molecule has 210 valence electrons. The molecule has 14 heteroatoms. The van der Waals surface area contributed by atoms with Crippen LogP contribution in [0.25, 0.3) is 10.9 Å². The van der Waals surface area contributed by atoms with Crippen LogP contribution >= 0.6 is 24.0 Å². The number of sulfone groups is 1. The molecular formula is C24H35N5O6S3. The first-order valence-corrected chi connectivity index (χ1v) is 14.8. The number of methoxy groups -OCH3 is 1. The summed E-state index contributed by atoms with van der Waals surface area (Å²) in [4.78, 5) is 13.2. The van der Waals surface area contributed by atoms with Crippen molar-refractivity contribution in [3.05, 3.63) is 52.9 Å². The number of aliphatic imine (C=N–C) groups is 1. The summed E-state index contributed by atoms with van der Waals surface area (Å²) in [6.45, 7) is 3.81. The second-order valence-corrected chi connectivity index (χ2v) is 12.6. The van der Waals surface area contributed by atoms with E-state index in [1.807, 2.05) is 36.5 Å². The Hall–Kier alpha value is -2.46. The Morgan fingerprint density at radius 2 is 1.95 bits per heavy atom. The normalized spacial score (nSPS) is 18.4. The van der Waals surface area contributed by atoms with Crippen molar-refractivity contribution < 1.29 is 28.8 Å². The Morgan fingerprint density at radius 1 is 1.18 bits per heavy atom. The molecule has 8 N–H and O–H groups in total. The molecule has 0 saturated carbocycles. The van der Waals surface area contributed by atoms with Gasteiger partial charge in [-0.3, -0.25) is 4.99 Å². The molecule has 1 saturated heterocycles. The third-order valence-corrected chi connectivity index (χ3v) is 8.88. The van der Waals surface area contributed by atoms with Gasteiger partial charge in [-0.15, -0.1) is 0 Å². The summed E-state index contributed by atoms with van der Waals surface area (Å²) >= 11 is 6.49. The summed E-state index contributed by atoms with van der Waals surface area (Å²) in [5.41, 5.74) is 8.67. The number of H-pyrrole nitrogens is 2. The smallest absolute Gasteiger partial charge is 0.152 e. The first-order valence-electron chi connectivity index (χ1n) is 11.6. The van der Waals surface area contributed by atoms with Crippen LogP contribution in [0.15, 0.2) is 47.6 Å². The molecular weight excluding hydrogens is 550 g/mol. The number of nitrogens with two attached hydrogens (primary N) is 1. The Balaban J connectivity index is 0.000000492. The van der Waals surface area contributed by atoms with Crippen molar-refractivity contribution in [2.24, 2.45) is 4.99 Å². The monoisotopic (exact) mass is 585 g/mol. The number of hydrogen-bond acceptors (Lipinski definition) is 9. The van der Waals surface area contributed by atoms with Crippen molar-refractivity contribution in [2.75, 3.05) is 63.7 Å². The zero-order chi connectivity index (χ0) is 25.5. The molecule has 2 aliphatic heterocycles. The first kappa shape index (κ1) is 31.8. The molecule has 0 radical (unpaired) electrons. The van der Waals surface area contributed by atoms with Gasteiger partial charge in [-0.2, -0.15) is 0 Å². The SMILES string of the molecule is COCCOc1cc(N)c2[nH]c(C3=NCC(CN4CCS(=O)(=O)CC4)S3)cc2c1.O.O.S=c1cccc[nH]1. The minimum Gasteiger partial charge on any atom is -0.491 e. The van der Waals surface area contributed by atoms with E-state index in [4.69, 9.17) is 32.4 Å². The predicted octanol–water partition coefficient (Wildman–Crippen LogP) is 1.46. The van der Waals surface area contributed by atoms with Gasteiger partial charge in [0.15, 0.2) is 9.84 Å².